The van der Waals surface area contributed by atoms with Crippen molar-refractivity contribution in [1.82, 2.24) is 10.5 Å². The fraction of sp³-hybridized carbons (Fsp3) is 0.346. The molecule has 8 nitrogen and oxygen atoms in total. The lowest BCUT2D eigenvalue weighted by Crippen LogP contribution is -2.29. The van der Waals surface area contributed by atoms with Crippen LogP contribution in [0.15, 0.2) is 59.1 Å². The number of ether oxygens (including phenoxy) is 2. The van der Waals surface area contributed by atoms with Gasteiger partial charge in [-0.2, -0.15) is 0 Å². The predicted molar refractivity (Wildman–Crippen MR) is 124 cm³/mol. The van der Waals surface area contributed by atoms with Gasteiger partial charge in [0.25, 0.3) is 0 Å². The molecule has 34 heavy (non-hydrogen) atoms. The molecule has 1 heterocycles. The highest BCUT2D eigenvalue weighted by Crippen LogP contribution is 2.31. The lowest BCUT2D eigenvalue weighted by atomic mass is 9.87. The number of aliphatic carboxylic acids is 1. The second kappa shape index (κ2) is 10.9. The molecule has 0 spiro atoms. The van der Waals surface area contributed by atoms with Gasteiger partial charge in [-0.15, -0.1) is 0 Å². The van der Waals surface area contributed by atoms with Gasteiger partial charge in [0.15, 0.2) is 5.76 Å². The molecule has 0 radical (unpaired) electrons. The minimum atomic E-state index is -0.755. The van der Waals surface area contributed by atoms with Crippen molar-refractivity contribution in [3.05, 3.63) is 71.4 Å². The number of carboxylic acids is 1. The monoisotopic (exact) mass is 464 g/mol. The Balaban J connectivity index is 1.34. The van der Waals surface area contributed by atoms with Crippen LogP contribution < -0.4 is 10.1 Å². The molecular weight excluding hydrogens is 436 g/mol. The summed E-state index contributed by atoms with van der Waals surface area (Å²) in [6, 6.07) is 16.9. The molecule has 2 aromatic carbocycles. The summed E-state index contributed by atoms with van der Waals surface area (Å²) < 4.78 is 16.8. The number of amides is 1. The fourth-order valence-electron chi connectivity index (χ4n) is 4.11. The molecule has 2 atom stereocenters. The Morgan fingerprint density at radius 1 is 1.12 bits per heavy atom. The third-order valence-electron chi connectivity index (χ3n) is 6.00. The normalized spacial score (nSPS) is 17.7. The third kappa shape index (κ3) is 5.95. The molecule has 3 aromatic rings. The van der Waals surface area contributed by atoms with Crippen LogP contribution in [0.1, 0.15) is 42.5 Å². The number of carboxylic acid groups (broad SMARTS) is 1. The zero-order valence-electron chi connectivity index (χ0n) is 19.0. The SMILES string of the molecule is Cc1noc(-c2ccc(O[C@@H]3CCC[C@@H](C(=O)O)C3)cc2)c1CNC(=O)OCc1ccccc1. The van der Waals surface area contributed by atoms with Crippen LogP contribution in [0.3, 0.4) is 0 Å². The summed E-state index contributed by atoms with van der Waals surface area (Å²) in [5.41, 5.74) is 3.16. The molecule has 0 unspecified atom stereocenters. The third-order valence-corrected chi connectivity index (χ3v) is 6.00. The molecule has 1 saturated carbocycles. The van der Waals surface area contributed by atoms with Gasteiger partial charge in [-0.3, -0.25) is 4.79 Å². The van der Waals surface area contributed by atoms with E-state index in [1.54, 1.807) is 0 Å². The summed E-state index contributed by atoms with van der Waals surface area (Å²) in [4.78, 5) is 23.4. The molecule has 0 aliphatic heterocycles. The Hall–Kier alpha value is -3.81. The molecule has 1 amide bonds. The van der Waals surface area contributed by atoms with Crippen LogP contribution in [-0.4, -0.2) is 28.4 Å². The summed E-state index contributed by atoms with van der Waals surface area (Å²) in [7, 11) is 0. The maximum absolute atomic E-state index is 12.1. The highest BCUT2D eigenvalue weighted by atomic mass is 16.5. The predicted octanol–water partition coefficient (Wildman–Crippen LogP) is 5.10. The zero-order chi connectivity index (χ0) is 23.9. The van der Waals surface area contributed by atoms with Crippen molar-refractivity contribution >= 4 is 12.1 Å². The molecule has 8 heteroatoms. The van der Waals surface area contributed by atoms with Gasteiger partial charge in [0.1, 0.15) is 12.4 Å². The first-order chi connectivity index (χ1) is 16.5. The molecule has 0 bridgehead atoms. The highest BCUT2D eigenvalue weighted by molar-refractivity contribution is 5.70. The summed E-state index contributed by atoms with van der Waals surface area (Å²) >= 11 is 0. The number of nitrogens with one attached hydrogen (secondary N) is 1. The van der Waals surface area contributed by atoms with Gasteiger partial charge in [-0.25, -0.2) is 4.79 Å². The smallest absolute Gasteiger partial charge is 0.407 e. The first-order valence-corrected chi connectivity index (χ1v) is 11.4. The summed E-state index contributed by atoms with van der Waals surface area (Å²) in [6.07, 6.45) is 2.30. The van der Waals surface area contributed by atoms with Gasteiger partial charge < -0.3 is 24.4 Å². The Kier molecular flexibility index (Phi) is 7.47. The number of aromatic nitrogens is 1. The second-order valence-corrected chi connectivity index (χ2v) is 8.46. The van der Waals surface area contributed by atoms with Crippen molar-refractivity contribution < 1.29 is 28.7 Å². The maximum atomic E-state index is 12.1. The van der Waals surface area contributed by atoms with Crippen LogP contribution in [0.4, 0.5) is 4.79 Å². The largest absolute Gasteiger partial charge is 0.490 e. The van der Waals surface area contributed by atoms with Crippen LogP contribution >= 0.6 is 0 Å². The average molecular weight is 465 g/mol. The first kappa shape index (κ1) is 23.4. The lowest BCUT2D eigenvalue weighted by molar-refractivity contribution is -0.143. The van der Waals surface area contributed by atoms with Gasteiger partial charge in [0, 0.05) is 11.1 Å². The van der Waals surface area contributed by atoms with E-state index in [9.17, 15) is 14.7 Å². The quantitative estimate of drug-likeness (QED) is 0.477. The standard InChI is InChI=1S/C26H28N2O6/c1-17-23(15-27-26(31)32-16-18-6-3-2-4-7-18)24(34-28-17)19-10-12-21(13-11-19)33-22-9-5-8-20(14-22)25(29)30/h2-4,6-7,10-13,20,22H,5,8-9,14-16H2,1H3,(H,27,31)(H,29,30)/t20-,22-/m1/s1. The van der Waals surface area contributed by atoms with Gasteiger partial charge in [0.05, 0.1) is 24.3 Å². The van der Waals surface area contributed by atoms with Gasteiger partial charge in [-0.1, -0.05) is 35.5 Å². The molecule has 2 N–H and O–H groups in total. The topological polar surface area (TPSA) is 111 Å². The first-order valence-electron chi connectivity index (χ1n) is 11.4. The molecule has 1 fully saturated rings. The Labute approximate surface area is 197 Å². The maximum Gasteiger partial charge on any atom is 0.407 e. The number of carbonyl (C=O) groups is 2. The number of carbonyl (C=O) groups excluding carboxylic acids is 1. The van der Waals surface area contributed by atoms with E-state index in [4.69, 9.17) is 14.0 Å². The van der Waals surface area contributed by atoms with Crippen molar-refractivity contribution in [3.8, 4) is 17.1 Å². The van der Waals surface area contributed by atoms with E-state index < -0.39 is 12.1 Å². The highest BCUT2D eigenvalue weighted by Gasteiger charge is 2.28. The molecule has 1 aromatic heterocycles. The molecule has 1 aliphatic rings. The van der Waals surface area contributed by atoms with Crippen molar-refractivity contribution in [2.45, 2.75) is 51.9 Å². The van der Waals surface area contributed by atoms with E-state index in [0.717, 1.165) is 29.5 Å². The van der Waals surface area contributed by atoms with Crippen molar-refractivity contribution in [1.29, 1.82) is 0 Å². The summed E-state index contributed by atoms with van der Waals surface area (Å²) in [5.74, 6) is 0.148. The Bertz CT molecular complexity index is 1110. The number of benzene rings is 2. The number of rotatable bonds is 8. The van der Waals surface area contributed by atoms with Crippen LogP contribution in [0, 0.1) is 12.8 Å². The number of hydrogen-bond acceptors (Lipinski definition) is 6. The lowest BCUT2D eigenvalue weighted by Gasteiger charge is -2.27. The second-order valence-electron chi connectivity index (χ2n) is 8.46. The van der Waals surface area contributed by atoms with Crippen molar-refractivity contribution in [2.75, 3.05) is 0 Å². The van der Waals surface area contributed by atoms with E-state index in [1.807, 2.05) is 61.5 Å². The van der Waals surface area contributed by atoms with E-state index >= 15 is 0 Å². The summed E-state index contributed by atoms with van der Waals surface area (Å²) in [6.45, 7) is 2.23. The number of aryl methyl sites for hydroxylation is 1. The minimum absolute atomic E-state index is 0.102. The van der Waals surface area contributed by atoms with Gasteiger partial charge >= 0.3 is 12.1 Å². The summed E-state index contributed by atoms with van der Waals surface area (Å²) in [5, 5.41) is 16.1. The van der Waals surface area contributed by atoms with Crippen molar-refractivity contribution in [2.24, 2.45) is 5.92 Å². The molecule has 4 rings (SSSR count). The van der Waals surface area contributed by atoms with Crippen molar-refractivity contribution in [3.63, 3.8) is 0 Å². The average Bonchev–Trinajstić information content (AvgIpc) is 3.23. The molecule has 0 saturated heterocycles. The van der Waals surface area contributed by atoms with Crippen LogP contribution in [0.2, 0.25) is 0 Å². The zero-order valence-corrected chi connectivity index (χ0v) is 19.0. The fourth-order valence-corrected chi connectivity index (χ4v) is 4.11. The Morgan fingerprint density at radius 2 is 1.88 bits per heavy atom. The van der Waals surface area contributed by atoms with Gasteiger partial charge in [-0.05, 0) is 62.4 Å². The number of hydrogen-bond donors (Lipinski definition) is 2. The van der Waals surface area contributed by atoms with Gasteiger partial charge in [0.2, 0.25) is 0 Å². The van der Waals surface area contributed by atoms with E-state index in [-0.39, 0.29) is 25.2 Å². The minimum Gasteiger partial charge on any atom is -0.490 e. The number of alkyl carbamates (subject to hydrolysis) is 1. The molecule has 1 aliphatic carbocycles. The van der Waals surface area contributed by atoms with Crippen LogP contribution in [-0.2, 0) is 22.7 Å². The van der Waals surface area contributed by atoms with E-state index in [2.05, 4.69) is 10.5 Å². The Morgan fingerprint density at radius 3 is 2.62 bits per heavy atom. The van der Waals surface area contributed by atoms with E-state index in [0.29, 0.717) is 30.0 Å². The van der Waals surface area contributed by atoms with Crippen LogP contribution in [0.5, 0.6) is 5.75 Å². The van der Waals surface area contributed by atoms with E-state index in [1.165, 1.54) is 0 Å². The van der Waals surface area contributed by atoms with Crippen LogP contribution in [0.25, 0.3) is 11.3 Å². The molecular formula is C26H28N2O6. The number of nitrogens with zero attached hydrogens (tertiary/aromatic N) is 1. The molecule has 178 valence electrons.